The van der Waals surface area contributed by atoms with Crippen molar-refractivity contribution in [3.63, 3.8) is 0 Å². The fourth-order valence-corrected chi connectivity index (χ4v) is 2.43. The highest BCUT2D eigenvalue weighted by atomic mass is 19.1. The normalized spacial score (nSPS) is 11.2. The molecule has 0 fully saturated rings. The highest BCUT2D eigenvalue weighted by Crippen LogP contribution is 2.23. The first kappa shape index (κ1) is 19.0. The zero-order chi connectivity index (χ0) is 23.8. The smallest absolute Gasteiger partial charge is 0.247 e. The first-order valence-electron chi connectivity index (χ1n) is 10.2. The van der Waals surface area contributed by atoms with Gasteiger partial charge in [-0.3, -0.25) is 4.79 Å². The van der Waals surface area contributed by atoms with Gasteiger partial charge < -0.3 is 25.4 Å². The van der Waals surface area contributed by atoms with Crippen molar-refractivity contribution in [2.24, 2.45) is 0 Å². The number of hydrogen-bond donors (Lipinski definition) is 3. The average Bonchev–Trinajstić information content (AvgIpc) is 2.78. The van der Waals surface area contributed by atoms with Gasteiger partial charge >= 0.3 is 0 Å². The van der Waals surface area contributed by atoms with Gasteiger partial charge in [-0.25, -0.2) is 9.37 Å². The molecule has 0 aliphatic rings. The highest BCUT2D eigenvalue weighted by Gasteiger charge is 2.09. The largest absolute Gasteiger partial charge is 0.491 e. The van der Waals surface area contributed by atoms with Crippen LogP contribution >= 0.6 is 0 Å². The van der Waals surface area contributed by atoms with Crippen LogP contribution in [-0.2, 0) is 9.53 Å². The molecule has 0 saturated heterocycles. The number of halogens is 1. The molecule has 1 amide bonds. The summed E-state index contributed by atoms with van der Waals surface area (Å²) in [7, 11) is 1.59. The summed E-state index contributed by atoms with van der Waals surface area (Å²) in [5.74, 6) is -1.03. The minimum atomic E-state index is -0.963. The van der Waals surface area contributed by atoms with Gasteiger partial charge in [-0.15, -0.1) is 0 Å². The number of carbonyl (C=O) groups excluding carboxylic acids is 1. The number of anilines is 5. The Balaban J connectivity index is 1.78. The van der Waals surface area contributed by atoms with Gasteiger partial charge in [0.15, 0.2) is 11.6 Å². The molecule has 160 valence electrons. The number of hydrogen-bond acceptors (Lipinski definition) is 7. The second-order valence-corrected chi connectivity index (χ2v) is 6.14. The second kappa shape index (κ2) is 10.7. The summed E-state index contributed by atoms with van der Waals surface area (Å²) in [4.78, 5) is 19.4. The van der Waals surface area contributed by atoms with Crippen molar-refractivity contribution in [2.75, 3.05) is 36.3 Å². The van der Waals surface area contributed by atoms with Crippen molar-refractivity contribution in [3.05, 3.63) is 73.2 Å². The van der Waals surface area contributed by atoms with Crippen LogP contribution in [0.1, 0.15) is 2.74 Å². The molecule has 3 rings (SSSR count). The number of methoxy groups -OCH3 is 1. The quantitative estimate of drug-likeness (QED) is 0.330. The molecular weight excluding hydrogens is 401 g/mol. The van der Waals surface area contributed by atoms with E-state index >= 15 is 0 Å². The van der Waals surface area contributed by atoms with E-state index < -0.39 is 17.9 Å². The number of carbonyl (C=O) groups is 1. The zero-order valence-corrected chi connectivity index (χ0v) is 16.7. The number of rotatable bonds is 10. The minimum absolute atomic E-state index is 0.000775. The van der Waals surface area contributed by atoms with Crippen molar-refractivity contribution in [2.45, 2.75) is 0 Å². The van der Waals surface area contributed by atoms with E-state index in [1.807, 2.05) is 0 Å². The Morgan fingerprint density at radius 2 is 1.94 bits per heavy atom. The summed E-state index contributed by atoms with van der Waals surface area (Å²) in [6.07, 6.45) is 0.480. The maximum Gasteiger partial charge on any atom is 0.247 e. The lowest BCUT2D eigenvalue weighted by Gasteiger charge is -2.11. The number of aromatic nitrogens is 2. The molecule has 0 aliphatic heterocycles. The number of amides is 1. The molecule has 0 spiro atoms. The topological polar surface area (TPSA) is 97.4 Å². The first-order valence-corrected chi connectivity index (χ1v) is 9.23. The second-order valence-electron chi connectivity index (χ2n) is 6.14. The molecular formula is C22H22FN5O3. The van der Waals surface area contributed by atoms with Crippen LogP contribution in [0.5, 0.6) is 5.75 Å². The van der Waals surface area contributed by atoms with E-state index in [-0.39, 0.29) is 17.8 Å². The Labute approximate surface area is 181 Å². The molecule has 2 aromatic carbocycles. The van der Waals surface area contributed by atoms with Crippen LogP contribution in [0.4, 0.5) is 33.2 Å². The van der Waals surface area contributed by atoms with E-state index in [1.165, 1.54) is 18.2 Å². The molecule has 0 unspecified atom stereocenters. The third kappa shape index (κ3) is 6.51. The van der Waals surface area contributed by atoms with Gasteiger partial charge in [0.2, 0.25) is 11.9 Å². The van der Waals surface area contributed by atoms with Crippen molar-refractivity contribution < 1.29 is 21.4 Å². The monoisotopic (exact) mass is 425 g/mol. The van der Waals surface area contributed by atoms with E-state index in [4.69, 9.17) is 12.2 Å². The highest BCUT2D eigenvalue weighted by molar-refractivity contribution is 5.99. The molecule has 1 aromatic heterocycles. The Bertz CT molecular complexity index is 1150. The summed E-state index contributed by atoms with van der Waals surface area (Å²) < 4.78 is 40.7. The fourth-order valence-electron chi connectivity index (χ4n) is 2.43. The van der Waals surface area contributed by atoms with Crippen LogP contribution in [0.3, 0.4) is 0 Å². The number of nitrogens with one attached hydrogen (secondary N) is 3. The third-order valence-corrected chi connectivity index (χ3v) is 3.86. The zero-order valence-electron chi connectivity index (χ0n) is 18.7. The van der Waals surface area contributed by atoms with Crippen molar-refractivity contribution in [3.8, 4) is 5.75 Å². The Kier molecular flexibility index (Phi) is 6.56. The summed E-state index contributed by atoms with van der Waals surface area (Å²) in [6, 6.07) is 11.3. The number of benzene rings is 2. The molecule has 0 atom stereocenters. The molecule has 0 saturated carbocycles. The molecule has 0 radical (unpaired) electrons. The van der Waals surface area contributed by atoms with Gasteiger partial charge in [-0.1, -0.05) is 12.6 Å². The Hall–Kier alpha value is -3.98. The third-order valence-electron chi connectivity index (χ3n) is 3.86. The SMILES string of the molecule is [2H]c1cc(NC(=O)C=C)cc(Nc2nc(Nc3ccc(OCCOC)cc3)nc([2H])c2F)c1. The summed E-state index contributed by atoms with van der Waals surface area (Å²) >= 11 is 0. The predicted molar refractivity (Wildman–Crippen MR) is 118 cm³/mol. The lowest BCUT2D eigenvalue weighted by atomic mass is 10.2. The number of ether oxygens (including phenoxy) is 2. The van der Waals surface area contributed by atoms with E-state index in [2.05, 4.69) is 32.5 Å². The Morgan fingerprint density at radius 1 is 1.16 bits per heavy atom. The van der Waals surface area contributed by atoms with Gasteiger partial charge in [0.05, 0.1) is 15.5 Å². The molecule has 3 aromatic rings. The maximum absolute atomic E-state index is 14.5. The van der Waals surface area contributed by atoms with E-state index in [1.54, 1.807) is 31.4 Å². The van der Waals surface area contributed by atoms with Crippen LogP contribution in [0.15, 0.2) is 67.3 Å². The minimum Gasteiger partial charge on any atom is -0.491 e. The molecule has 3 N–H and O–H groups in total. The molecule has 31 heavy (non-hydrogen) atoms. The van der Waals surface area contributed by atoms with Gasteiger partial charge in [0, 0.05) is 24.2 Å². The first-order chi connectivity index (χ1) is 15.9. The fraction of sp³-hybridized carbons (Fsp3) is 0.136. The molecule has 1 heterocycles. The summed E-state index contributed by atoms with van der Waals surface area (Å²) in [5, 5.41) is 8.19. The van der Waals surface area contributed by atoms with Gasteiger partial charge in [-0.2, -0.15) is 4.98 Å². The number of nitrogens with zero attached hydrogens (tertiary/aromatic N) is 2. The van der Waals surface area contributed by atoms with Crippen LogP contribution < -0.4 is 20.7 Å². The van der Waals surface area contributed by atoms with Gasteiger partial charge in [0.1, 0.15) is 12.4 Å². The molecule has 0 aliphatic carbocycles. The molecule has 0 bridgehead atoms. The standard InChI is InChI=1S/C22H22FN5O3/c1-3-20(29)25-16-5-4-6-17(13-16)26-21-19(23)14-24-22(28-21)27-15-7-9-18(10-8-15)31-12-11-30-2/h3-10,13-14H,1,11-12H2,2H3,(H,25,29)(H2,24,26,27,28)/i4D,14D. The van der Waals surface area contributed by atoms with E-state index in [9.17, 15) is 9.18 Å². The van der Waals surface area contributed by atoms with Gasteiger partial charge in [0.25, 0.3) is 0 Å². The maximum atomic E-state index is 14.5. The predicted octanol–water partition coefficient (Wildman–Crippen LogP) is 4.25. The molecule has 8 nitrogen and oxygen atoms in total. The van der Waals surface area contributed by atoms with Crippen molar-refractivity contribution in [1.82, 2.24) is 9.97 Å². The lowest BCUT2D eigenvalue weighted by Crippen LogP contribution is -2.07. The average molecular weight is 425 g/mol. The van der Waals surface area contributed by atoms with Crippen LogP contribution in [0, 0.1) is 5.82 Å². The van der Waals surface area contributed by atoms with Gasteiger partial charge in [-0.05, 0) is 48.5 Å². The Morgan fingerprint density at radius 3 is 2.68 bits per heavy atom. The lowest BCUT2D eigenvalue weighted by molar-refractivity contribution is -0.111. The van der Waals surface area contributed by atoms with Crippen molar-refractivity contribution >= 4 is 34.7 Å². The van der Waals surface area contributed by atoms with Crippen molar-refractivity contribution in [1.29, 1.82) is 0 Å². The van der Waals surface area contributed by atoms with E-state index in [0.29, 0.717) is 36.0 Å². The van der Waals surface area contributed by atoms with Crippen LogP contribution in [0.25, 0.3) is 0 Å². The summed E-state index contributed by atoms with van der Waals surface area (Å²) in [6.45, 7) is 4.26. The summed E-state index contributed by atoms with van der Waals surface area (Å²) in [5.41, 5.74) is 1.22. The van der Waals surface area contributed by atoms with Crippen LogP contribution in [-0.4, -0.2) is 36.2 Å². The van der Waals surface area contributed by atoms with E-state index in [0.717, 1.165) is 6.08 Å². The van der Waals surface area contributed by atoms with Crippen LogP contribution in [0.2, 0.25) is 0 Å². The molecule has 9 heteroatoms.